The summed E-state index contributed by atoms with van der Waals surface area (Å²) in [5.74, 6) is 1.47. The Hall–Kier alpha value is -2.05. The van der Waals surface area contributed by atoms with Gasteiger partial charge >= 0.3 is 0 Å². The lowest BCUT2D eigenvalue weighted by molar-refractivity contribution is 0.0615. The molecule has 6 heteroatoms. The van der Waals surface area contributed by atoms with Crippen LogP contribution in [0.5, 0.6) is 0 Å². The van der Waals surface area contributed by atoms with Crippen LogP contribution in [0.25, 0.3) is 11.4 Å². The minimum atomic E-state index is -0.472. The van der Waals surface area contributed by atoms with Gasteiger partial charge in [0.15, 0.2) is 5.82 Å². The number of hydrogen-bond donors (Lipinski definition) is 2. The molecule has 0 radical (unpaired) electrons. The van der Waals surface area contributed by atoms with Crippen LogP contribution in [-0.4, -0.2) is 46.4 Å². The van der Waals surface area contributed by atoms with E-state index in [1.54, 1.807) is 19.5 Å². The molecule has 6 nitrogen and oxygen atoms in total. The average molecular weight is 302 g/mol. The Morgan fingerprint density at radius 3 is 2.64 bits per heavy atom. The fourth-order valence-electron chi connectivity index (χ4n) is 2.06. The highest BCUT2D eigenvalue weighted by Crippen LogP contribution is 2.21. The van der Waals surface area contributed by atoms with E-state index in [0.717, 1.165) is 22.6 Å². The summed E-state index contributed by atoms with van der Waals surface area (Å²) >= 11 is 0. The first-order valence-corrected chi connectivity index (χ1v) is 7.28. The Kier molecular flexibility index (Phi) is 5.80. The number of nitrogens with one attached hydrogen (secondary N) is 1. The van der Waals surface area contributed by atoms with Gasteiger partial charge in [0.1, 0.15) is 5.82 Å². The Morgan fingerprint density at radius 1 is 1.23 bits per heavy atom. The van der Waals surface area contributed by atoms with Gasteiger partial charge in [0, 0.05) is 42.9 Å². The summed E-state index contributed by atoms with van der Waals surface area (Å²) in [5, 5.41) is 12.9. The minimum Gasteiger partial charge on any atom is -0.391 e. The SMILES string of the molecule is COCC(O)CCNc1nc(-c2ccncc2)nc(C)c1C. The van der Waals surface area contributed by atoms with Gasteiger partial charge in [-0.25, -0.2) is 9.97 Å². The van der Waals surface area contributed by atoms with E-state index in [-0.39, 0.29) is 0 Å². The van der Waals surface area contributed by atoms with Crippen LogP contribution in [0.1, 0.15) is 17.7 Å². The smallest absolute Gasteiger partial charge is 0.161 e. The minimum absolute atomic E-state index is 0.339. The van der Waals surface area contributed by atoms with Crippen molar-refractivity contribution in [2.45, 2.75) is 26.4 Å². The molecule has 0 fully saturated rings. The molecule has 2 aromatic rings. The number of hydrogen-bond acceptors (Lipinski definition) is 6. The van der Waals surface area contributed by atoms with Crippen molar-refractivity contribution in [1.82, 2.24) is 15.0 Å². The maximum absolute atomic E-state index is 9.68. The maximum atomic E-state index is 9.68. The molecular formula is C16H22N4O2. The van der Waals surface area contributed by atoms with E-state index in [0.29, 0.717) is 25.4 Å². The number of aliphatic hydroxyl groups excluding tert-OH is 1. The van der Waals surface area contributed by atoms with E-state index in [4.69, 9.17) is 4.74 Å². The van der Waals surface area contributed by atoms with E-state index in [9.17, 15) is 5.11 Å². The first-order valence-electron chi connectivity index (χ1n) is 7.28. The quantitative estimate of drug-likeness (QED) is 0.814. The van der Waals surface area contributed by atoms with Crippen LogP contribution < -0.4 is 5.32 Å². The molecule has 2 aromatic heterocycles. The molecule has 2 N–H and O–H groups in total. The Labute approximate surface area is 130 Å². The van der Waals surface area contributed by atoms with Crippen molar-refractivity contribution >= 4 is 5.82 Å². The number of rotatable bonds is 7. The highest BCUT2D eigenvalue weighted by molar-refractivity contribution is 5.59. The first kappa shape index (κ1) is 16.3. The lowest BCUT2D eigenvalue weighted by Crippen LogP contribution is -2.19. The van der Waals surface area contributed by atoms with Gasteiger partial charge in [-0.3, -0.25) is 4.98 Å². The molecule has 0 saturated carbocycles. The van der Waals surface area contributed by atoms with Crippen molar-refractivity contribution in [3.05, 3.63) is 35.8 Å². The molecule has 0 bridgehead atoms. The van der Waals surface area contributed by atoms with E-state index in [1.807, 2.05) is 26.0 Å². The lowest BCUT2D eigenvalue weighted by Gasteiger charge is -2.14. The first-order chi connectivity index (χ1) is 10.6. The number of aliphatic hydroxyl groups is 1. The summed E-state index contributed by atoms with van der Waals surface area (Å²) in [5.41, 5.74) is 2.88. The molecule has 0 aliphatic carbocycles. The third kappa shape index (κ3) is 4.22. The van der Waals surface area contributed by atoms with Crippen molar-refractivity contribution in [2.75, 3.05) is 25.6 Å². The van der Waals surface area contributed by atoms with Gasteiger partial charge < -0.3 is 15.2 Å². The molecule has 0 aromatic carbocycles. The highest BCUT2D eigenvalue weighted by Gasteiger charge is 2.10. The predicted octanol–water partition coefficient (Wildman–Crippen LogP) is 1.96. The van der Waals surface area contributed by atoms with E-state index >= 15 is 0 Å². The molecule has 0 saturated heterocycles. The number of aryl methyl sites for hydroxylation is 1. The normalized spacial score (nSPS) is 12.2. The molecule has 2 rings (SSSR count). The molecule has 1 unspecified atom stereocenters. The monoisotopic (exact) mass is 302 g/mol. The van der Waals surface area contributed by atoms with Crippen LogP contribution >= 0.6 is 0 Å². The van der Waals surface area contributed by atoms with Gasteiger partial charge in [-0.15, -0.1) is 0 Å². The maximum Gasteiger partial charge on any atom is 0.161 e. The summed E-state index contributed by atoms with van der Waals surface area (Å²) in [6, 6.07) is 3.77. The zero-order valence-corrected chi connectivity index (χ0v) is 13.2. The van der Waals surface area contributed by atoms with Gasteiger partial charge in [0.05, 0.1) is 12.7 Å². The second kappa shape index (κ2) is 7.82. The number of anilines is 1. The predicted molar refractivity (Wildman–Crippen MR) is 85.7 cm³/mol. The van der Waals surface area contributed by atoms with Gasteiger partial charge in [-0.2, -0.15) is 0 Å². The van der Waals surface area contributed by atoms with Crippen molar-refractivity contribution in [1.29, 1.82) is 0 Å². The van der Waals surface area contributed by atoms with Crippen molar-refractivity contribution in [2.24, 2.45) is 0 Å². The Balaban J connectivity index is 2.12. The summed E-state index contributed by atoms with van der Waals surface area (Å²) in [7, 11) is 1.58. The third-order valence-corrected chi connectivity index (χ3v) is 3.46. The summed E-state index contributed by atoms with van der Waals surface area (Å²) in [6.45, 7) is 4.91. The molecule has 0 aliphatic heterocycles. The van der Waals surface area contributed by atoms with Gasteiger partial charge in [0.2, 0.25) is 0 Å². The van der Waals surface area contributed by atoms with Crippen LogP contribution in [0.3, 0.4) is 0 Å². The fraction of sp³-hybridized carbons (Fsp3) is 0.438. The second-order valence-corrected chi connectivity index (χ2v) is 5.17. The Bertz CT molecular complexity index is 605. The van der Waals surface area contributed by atoms with E-state index in [2.05, 4.69) is 20.3 Å². The number of ether oxygens (including phenoxy) is 1. The molecule has 118 valence electrons. The van der Waals surface area contributed by atoms with Crippen LogP contribution in [0.15, 0.2) is 24.5 Å². The summed E-state index contributed by atoms with van der Waals surface area (Å²) in [4.78, 5) is 13.1. The van der Waals surface area contributed by atoms with Crippen LogP contribution in [0.4, 0.5) is 5.82 Å². The molecule has 0 aliphatic rings. The van der Waals surface area contributed by atoms with E-state index in [1.165, 1.54) is 0 Å². The van der Waals surface area contributed by atoms with Gasteiger partial charge in [-0.1, -0.05) is 0 Å². The second-order valence-electron chi connectivity index (χ2n) is 5.17. The molecular weight excluding hydrogens is 280 g/mol. The summed E-state index contributed by atoms with van der Waals surface area (Å²) in [6.07, 6.45) is 3.57. The van der Waals surface area contributed by atoms with Crippen LogP contribution in [0, 0.1) is 13.8 Å². The molecule has 1 atom stereocenters. The molecule has 2 heterocycles. The van der Waals surface area contributed by atoms with Crippen LogP contribution in [-0.2, 0) is 4.74 Å². The van der Waals surface area contributed by atoms with E-state index < -0.39 is 6.10 Å². The number of pyridine rings is 1. The van der Waals surface area contributed by atoms with Crippen molar-refractivity contribution in [3.8, 4) is 11.4 Å². The van der Waals surface area contributed by atoms with Crippen LogP contribution in [0.2, 0.25) is 0 Å². The zero-order chi connectivity index (χ0) is 15.9. The van der Waals surface area contributed by atoms with Crippen molar-refractivity contribution in [3.63, 3.8) is 0 Å². The average Bonchev–Trinajstić information content (AvgIpc) is 2.52. The topological polar surface area (TPSA) is 80.2 Å². The number of methoxy groups -OCH3 is 1. The third-order valence-electron chi connectivity index (χ3n) is 3.46. The molecule has 0 spiro atoms. The number of nitrogens with zero attached hydrogens (tertiary/aromatic N) is 3. The lowest BCUT2D eigenvalue weighted by atomic mass is 10.2. The molecule has 22 heavy (non-hydrogen) atoms. The standard InChI is InChI=1S/C16H22N4O2/c1-11-12(2)19-16(13-4-7-17-8-5-13)20-15(11)18-9-6-14(21)10-22-3/h4-5,7-8,14,21H,6,9-10H2,1-3H3,(H,18,19,20). The Morgan fingerprint density at radius 2 is 1.95 bits per heavy atom. The largest absolute Gasteiger partial charge is 0.391 e. The summed E-state index contributed by atoms with van der Waals surface area (Å²) < 4.78 is 4.92. The van der Waals surface area contributed by atoms with Gasteiger partial charge in [0.25, 0.3) is 0 Å². The fourth-order valence-corrected chi connectivity index (χ4v) is 2.06. The zero-order valence-electron chi connectivity index (χ0n) is 13.2. The molecule has 0 amide bonds. The number of aromatic nitrogens is 3. The van der Waals surface area contributed by atoms with Gasteiger partial charge in [-0.05, 0) is 32.4 Å². The van der Waals surface area contributed by atoms with Crippen molar-refractivity contribution < 1.29 is 9.84 Å². The highest BCUT2D eigenvalue weighted by atomic mass is 16.5.